The predicted octanol–water partition coefficient (Wildman–Crippen LogP) is 3.40. The van der Waals surface area contributed by atoms with Crippen LogP contribution in [0.4, 0.5) is 5.13 Å². The lowest BCUT2D eigenvalue weighted by Crippen LogP contribution is -2.34. The summed E-state index contributed by atoms with van der Waals surface area (Å²) in [7, 11) is 1.76. The highest BCUT2D eigenvalue weighted by Gasteiger charge is 2.22. The van der Waals surface area contributed by atoms with Gasteiger partial charge in [0, 0.05) is 26.8 Å². The van der Waals surface area contributed by atoms with Crippen molar-refractivity contribution >= 4 is 39.7 Å². The van der Waals surface area contributed by atoms with E-state index < -0.39 is 0 Å². The number of halogens is 2. The molecule has 0 atom stereocenters. The molecule has 1 saturated heterocycles. The quantitative estimate of drug-likeness (QED) is 0.796. The van der Waals surface area contributed by atoms with Gasteiger partial charge in [-0.25, -0.2) is 4.98 Å². The molecular formula is C11H16Cl2N2OS. The van der Waals surface area contributed by atoms with Gasteiger partial charge in [0.1, 0.15) is 5.15 Å². The Morgan fingerprint density at radius 1 is 1.47 bits per heavy atom. The lowest BCUT2D eigenvalue weighted by atomic mass is 9.98. The van der Waals surface area contributed by atoms with Crippen LogP contribution in [0.3, 0.4) is 0 Å². The molecule has 0 aromatic carbocycles. The highest BCUT2D eigenvalue weighted by Crippen LogP contribution is 2.32. The van der Waals surface area contributed by atoms with Crippen molar-refractivity contribution in [1.29, 1.82) is 0 Å². The molecule has 2 rings (SSSR count). The molecule has 1 fully saturated rings. The molecule has 0 amide bonds. The number of thiazole rings is 1. The Hall–Kier alpha value is -0.0300. The van der Waals surface area contributed by atoms with Gasteiger partial charge in [0.05, 0.1) is 10.8 Å². The Kier molecular flexibility index (Phi) is 4.91. The van der Waals surface area contributed by atoms with Gasteiger partial charge >= 0.3 is 0 Å². The summed E-state index contributed by atoms with van der Waals surface area (Å²) in [4.78, 5) is 7.62. The molecule has 0 N–H and O–H groups in total. The largest absolute Gasteiger partial charge is 0.384 e. The molecule has 0 aliphatic carbocycles. The number of hydrogen-bond acceptors (Lipinski definition) is 4. The standard InChI is InChI=1S/C11H16Cl2N2OS/c1-16-7-8-2-4-15(5-3-8)11-14-10(13)9(6-12)17-11/h8H,2-7H2,1H3. The Labute approximate surface area is 116 Å². The molecule has 0 bridgehead atoms. The van der Waals surface area contributed by atoms with Crippen molar-refractivity contribution < 1.29 is 4.74 Å². The van der Waals surface area contributed by atoms with Gasteiger partial charge in [0.25, 0.3) is 0 Å². The second-order valence-corrected chi connectivity index (χ2v) is 5.92. The average molecular weight is 295 g/mol. The Morgan fingerprint density at radius 3 is 2.71 bits per heavy atom. The molecule has 1 aliphatic rings. The first-order valence-electron chi connectivity index (χ1n) is 5.69. The maximum Gasteiger partial charge on any atom is 0.187 e. The Balaban J connectivity index is 1.95. The summed E-state index contributed by atoms with van der Waals surface area (Å²) in [6.45, 7) is 2.92. The summed E-state index contributed by atoms with van der Waals surface area (Å²) in [6.07, 6.45) is 2.31. The van der Waals surface area contributed by atoms with Crippen molar-refractivity contribution in [2.45, 2.75) is 18.7 Å². The molecule has 96 valence electrons. The lowest BCUT2D eigenvalue weighted by Gasteiger charge is -2.31. The molecule has 0 radical (unpaired) electrons. The second kappa shape index (κ2) is 6.23. The number of nitrogens with zero attached hydrogens (tertiary/aromatic N) is 2. The van der Waals surface area contributed by atoms with Crippen LogP contribution < -0.4 is 4.90 Å². The van der Waals surface area contributed by atoms with E-state index in [9.17, 15) is 0 Å². The van der Waals surface area contributed by atoms with Gasteiger partial charge in [-0.2, -0.15) is 0 Å². The fraction of sp³-hybridized carbons (Fsp3) is 0.727. The van der Waals surface area contributed by atoms with E-state index in [1.54, 1.807) is 18.4 Å². The minimum atomic E-state index is 0.441. The monoisotopic (exact) mass is 294 g/mol. The number of aromatic nitrogens is 1. The molecular weight excluding hydrogens is 279 g/mol. The van der Waals surface area contributed by atoms with E-state index in [0.717, 1.165) is 42.5 Å². The normalized spacial score (nSPS) is 17.7. The van der Waals surface area contributed by atoms with Crippen molar-refractivity contribution in [1.82, 2.24) is 4.98 Å². The maximum atomic E-state index is 6.01. The molecule has 3 nitrogen and oxygen atoms in total. The van der Waals surface area contributed by atoms with Gasteiger partial charge in [0.15, 0.2) is 5.13 Å². The SMILES string of the molecule is COCC1CCN(c2nc(Cl)c(CCl)s2)CC1. The van der Waals surface area contributed by atoms with Crippen LogP contribution >= 0.6 is 34.5 Å². The third-order valence-electron chi connectivity index (χ3n) is 3.05. The summed E-state index contributed by atoms with van der Waals surface area (Å²) in [6, 6.07) is 0. The number of hydrogen-bond donors (Lipinski definition) is 0. The van der Waals surface area contributed by atoms with Gasteiger partial charge in [0.2, 0.25) is 0 Å². The summed E-state index contributed by atoms with van der Waals surface area (Å²) in [5.41, 5.74) is 0. The van der Waals surface area contributed by atoms with Crippen LogP contribution in [-0.2, 0) is 10.6 Å². The van der Waals surface area contributed by atoms with Crippen LogP contribution in [0.5, 0.6) is 0 Å². The highest BCUT2D eigenvalue weighted by molar-refractivity contribution is 7.16. The molecule has 0 unspecified atom stereocenters. The summed E-state index contributed by atoms with van der Waals surface area (Å²) < 4.78 is 5.19. The van der Waals surface area contributed by atoms with Gasteiger partial charge in [-0.05, 0) is 18.8 Å². The van der Waals surface area contributed by atoms with Crippen molar-refractivity contribution in [2.24, 2.45) is 5.92 Å². The smallest absolute Gasteiger partial charge is 0.187 e. The molecule has 0 saturated carbocycles. The van der Waals surface area contributed by atoms with Crippen LogP contribution in [0.25, 0.3) is 0 Å². The van der Waals surface area contributed by atoms with Gasteiger partial charge in [-0.15, -0.1) is 11.6 Å². The lowest BCUT2D eigenvalue weighted by molar-refractivity contribution is 0.139. The van der Waals surface area contributed by atoms with Crippen molar-refractivity contribution in [3.8, 4) is 0 Å². The fourth-order valence-corrected chi connectivity index (χ4v) is 3.59. The molecule has 2 heterocycles. The van der Waals surface area contributed by atoms with E-state index in [1.165, 1.54) is 0 Å². The fourth-order valence-electron chi connectivity index (χ4n) is 2.07. The summed E-state index contributed by atoms with van der Waals surface area (Å²) >= 11 is 13.4. The zero-order valence-electron chi connectivity index (χ0n) is 9.79. The third-order valence-corrected chi connectivity index (χ3v) is 5.01. The van der Waals surface area contributed by atoms with Crippen molar-refractivity contribution in [3.63, 3.8) is 0 Å². The van der Waals surface area contributed by atoms with E-state index in [2.05, 4.69) is 9.88 Å². The number of alkyl halides is 1. The van der Waals surface area contributed by atoms with Crippen LogP contribution in [0.15, 0.2) is 0 Å². The first kappa shape index (κ1) is 13.4. The summed E-state index contributed by atoms with van der Waals surface area (Å²) in [5.74, 6) is 1.12. The zero-order valence-corrected chi connectivity index (χ0v) is 12.1. The minimum Gasteiger partial charge on any atom is -0.384 e. The third kappa shape index (κ3) is 3.25. The number of rotatable bonds is 4. The maximum absolute atomic E-state index is 6.01. The van der Waals surface area contributed by atoms with Crippen LogP contribution in [0.2, 0.25) is 5.15 Å². The minimum absolute atomic E-state index is 0.441. The van der Waals surface area contributed by atoms with Crippen LogP contribution in [0, 0.1) is 5.92 Å². The number of ether oxygens (including phenoxy) is 1. The van der Waals surface area contributed by atoms with E-state index in [4.69, 9.17) is 27.9 Å². The molecule has 6 heteroatoms. The molecule has 1 aromatic rings. The van der Waals surface area contributed by atoms with E-state index >= 15 is 0 Å². The number of methoxy groups -OCH3 is 1. The zero-order chi connectivity index (χ0) is 12.3. The second-order valence-electron chi connectivity index (χ2n) is 4.23. The first-order chi connectivity index (χ1) is 8.24. The molecule has 0 spiro atoms. The molecule has 17 heavy (non-hydrogen) atoms. The topological polar surface area (TPSA) is 25.4 Å². The van der Waals surface area contributed by atoms with Crippen molar-refractivity contribution in [2.75, 3.05) is 31.7 Å². The summed E-state index contributed by atoms with van der Waals surface area (Å²) in [5, 5.41) is 1.56. The molecule has 1 aliphatic heterocycles. The van der Waals surface area contributed by atoms with Gasteiger partial charge in [-0.3, -0.25) is 0 Å². The van der Waals surface area contributed by atoms with E-state index in [1.807, 2.05) is 0 Å². The highest BCUT2D eigenvalue weighted by atomic mass is 35.5. The first-order valence-corrected chi connectivity index (χ1v) is 7.42. The van der Waals surface area contributed by atoms with Gasteiger partial charge in [-0.1, -0.05) is 22.9 Å². The van der Waals surface area contributed by atoms with Crippen LogP contribution in [0.1, 0.15) is 17.7 Å². The van der Waals surface area contributed by atoms with Crippen LogP contribution in [-0.4, -0.2) is 31.8 Å². The van der Waals surface area contributed by atoms with Crippen molar-refractivity contribution in [3.05, 3.63) is 10.0 Å². The van der Waals surface area contributed by atoms with Gasteiger partial charge < -0.3 is 9.64 Å². The molecule has 1 aromatic heterocycles. The number of piperidine rings is 1. The number of anilines is 1. The predicted molar refractivity (Wildman–Crippen MR) is 73.5 cm³/mol. The van der Waals surface area contributed by atoms with E-state index in [0.29, 0.717) is 17.0 Å². The van der Waals surface area contributed by atoms with E-state index in [-0.39, 0.29) is 0 Å². The Bertz CT molecular complexity index is 364. The average Bonchev–Trinajstić information content (AvgIpc) is 2.72. The Morgan fingerprint density at radius 2 is 2.18 bits per heavy atom.